The fourth-order valence-corrected chi connectivity index (χ4v) is 5.32. The summed E-state index contributed by atoms with van der Waals surface area (Å²) in [6.07, 6.45) is 2.96. The maximum Gasteiger partial charge on any atom is 0.341 e. The van der Waals surface area contributed by atoms with Gasteiger partial charge in [-0.05, 0) is 31.2 Å². The van der Waals surface area contributed by atoms with Crippen molar-refractivity contribution >= 4 is 56.6 Å². The van der Waals surface area contributed by atoms with E-state index in [-0.39, 0.29) is 0 Å². The fourth-order valence-electron chi connectivity index (χ4n) is 3.97. The molecule has 0 radical (unpaired) electrons. The number of morpholine rings is 1. The van der Waals surface area contributed by atoms with Crippen LogP contribution in [0.2, 0.25) is 5.02 Å². The molecular formula is C25H26ClN7O3S. The van der Waals surface area contributed by atoms with Crippen molar-refractivity contribution in [2.24, 2.45) is 0 Å². The van der Waals surface area contributed by atoms with Crippen molar-refractivity contribution in [2.45, 2.75) is 13.5 Å². The molecule has 2 N–H and O–H groups in total. The molecule has 1 saturated heterocycles. The summed E-state index contributed by atoms with van der Waals surface area (Å²) in [5, 5.41) is 0.468. The van der Waals surface area contributed by atoms with E-state index in [2.05, 4.69) is 20.9 Å². The number of carbonyl (C=O) groups excluding carboxylic acids is 1. The molecular weight excluding hydrogens is 514 g/mol. The highest BCUT2D eigenvalue weighted by Crippen LogP contribution is 2.36. The molecule has 1 aliphatic heterocycles. The molecule has 1 fully saturated rings. The average Bonchev–Trinajstić information content (AvgIpc) is 3.32. The monoisotopic (exact) mass is 539 g/mol. The zero-order valence-electron chi connectivity index (χ0n) is 20.5. The van der Waals surface area contributed by atoms with Crippen LogP contribution in [0, 0.1) is 0 Å². The Morgan fingerprint density at radius 2 is 1.97 bits per heavy atom. The smallest absolute Gasteiger partial charge is 0.341 e. The molecule has 37 heavy (non-hydrogen) atoms. The van der Waals surface area contributed by atoms with Crippen molar-refractivity contribution in [3.8, 4) is 11.4 Å². The summed E-state index contributed by atoms with van der Waals surface area (Å²) in [6, 6.07) is 7.50. The summed E-state index contributed by atoms with van der Waals surface area (Å²) in [7, 11) is 1.90. The van der Waals surface area contributed by atoms with Crippen LogP contribution in [0.5, 0.6) is 0 Å². The Labute approximate surface area is 223 Å². The lowest BCUT2D eigenvalue weighted by Crippen LogP contribution is -2.36. The van der Waals surface area contributed by atoms with Gasteiger partial charge in [0, 0.05) is 43.0 Å². The maximum atomic E-state index is 11.9. The largest absolute Gasteiger partial charge is 0.462 e. The van der Waals surface area contributed by atoms with Gasteiger partial charge in [-0.1, -0.05) is 11.6 Å². The Kier molecular flexibility index (Phi) is 7.36. The first-order chi connectivity index (χ1) is 17.9. The number of aromatic nitrogens is 4. The molecule has 0 aliphatic carbocycles. The van der Waals surface area contributed by atoms with Crippen molar-refractivity contribution in [3.63, 3.8) is 0 Å². The maximum absolute atomic E-state index is 11.9. The summed E-state index contributed by atoms with van der Waals surface area (Å²) in [5.74, 6) is 1.53. The van der Waals surface area contributed by atoms with Gasteiger partial charge in [-0.2, -0.15) is 0 Å². The lowest BCUT2D eigenvalue weighted by molar-refractivity contribution is 0.0525. The quantitative estimate of drug-likeness (QED) is 0.272. The molecule has 0 unspecified atom stereocenters. The summed E-state index contributed by atoms with van der Waals surface area (Å²) in [4.78, 5) is 35.6. The minimum Gasteiger partial charge on any atom is -0.462 e. The SMILES string of the molecule is CCOC(=O)c1cnc(N(C)Cc2cc3nc(-c4ccc(N)c(Cl)c4)nc(N4CCOCC4)c3s2)nc1. The lowest BCUT2D eigenvalue weighted by Gasteiger charge is -2.28. The number of hydrogen-bond donors (Lipinski definition) is 1. The second-order valence-electron chi connectivity index (χ2n) is 8.48. The Bertz CT molecular complexity index is 1420. The molecule has 0 spiro atoms. The van der Waals surface area contributed by atoms with Gasteiger partial charge in [0.15, 0.2) is 11.6 Å². The van der Waals surface area contributed by atoms with Gasteiger partial charge in [0.05, 0.1) is 52.9 Å². The summed E-state index contributed by atoms with van der Waals surface area (Å²) in [6.45, 7) is 5.42. The highest BCUT2D eigenvalue weighted by molar-refractivity contribution is 7.19. The molecule has 0 saturated carbocycles. The van der Waals surface area contributed by atoms with Gasteiger partial charge >= 0.3 is 5.97 Å². The van der Waals surface area contributed by atoms with Crippen molar-refractivity contribution in [1.29, 1.82) is 0 Å². The van der Waals surface area contributed by atoms with Crippen LogP contribution in [0.3, 0.4) is 0 Å². The van der Waals surface area contributed by atoms with Gasteiger partial charge in [-0.15, -0.1) is 11.3 Å². The molecule has 4 aromatic rings. The predicted octanol–water partition coefficient (Wildman–Crippen LogP) is 4.03. The number of nitrogens with two attached hydrogens (primary N) is 1. The molecule has 1 aliphatic rings. The van der Waals surface area contributed by atoms with Crippen LogP contribution in [0.25, 0.3) is 21.6 Å². The number of fused-ring (bicyclic) bond motifs is 1. The van der Waals surface area contributed by atoms with E-state index in [1.54, 1.807) is 30.4 Å². The van der Waals surface area contributed by atoms with E-state index < -0.39 is 5.97 Å². The van der Waals surface area contributed by atoms with Crippen molar-refractivity contribution in [2.75, 3.05) is 55.5 Å². The molecule has 0 amide bonds. The van der Waals surface area contributed by atoms with Crippen molar-refractivity contribution < 1.29 is 14.3 Å². The van der Waals surface area contributed by atoms with E-state index in [0.29, 0.717) is 54.4 Å². The standard InChI is InChI=1S/C25H26ClN7O3S/c1-3-36-24(34)16-12-28-25(29-13-16)32(2)14-17-11-20-21(37-17)23(33-6-8-35-9-7-33)31-22(30-20)15-4-5-19(27)18(26)10-15/h4-5,10-13H,3,6-9,14,27H2,1-2H3. The first-order valence-electron chi connectivity index (χ1n) is 11.8. The van der Waals surface area contributed by atoms with Gasteiger partial charge in [0.25, 0.3) is 0 Å². The Balaban J connectivity index is 1.46. The first kappa shape index (κ1) is 25.1. The number of esters is 1. The number of thiophene rings is 1. The van der Waals surface area contributed by atoms with Crippen LogP contribution in [0.1, 0.15) is 22.2 Å². The normalized spacial score (nSPS) is 13.6. The Morgan fingerprint density at radius 3 is 2.68 bits per heavy atom. The second-order valence-corrected chi connectivity index (χ2v) is 10.0. The molecule has 12 heteroatoms. The lowest BCUT2D eigenvalue weighted by atomic mass is 10.2. The van der Waals surface area contributed by atoms with Crippen LogP contribution in [-0.4, -0.2) is 65.9 Å². The first-order valence-corrected chi connectivity index (χ1v) is 13.0. The average molecular weight is 540 g/mol. The third-order valence-corrected chi connectivity index (χ3v) is 7.29. The van der Waals surface area contributed by atoms with Crippen LogP contribution in [-0.2, 0) is 16.0 Å². The zero-order valence-corrected chi connectivity index (χ0v) is 22.1. The molecule has 4 heterocycles. The summed E-state index contributed by atoms with van der Waals surface area (Å²) >= 11 is 7.92. The van der Waals surface area contributed by atoms with E-state index in [4.69, 9.17) is 36.8 Å². The molecule has 1 aromatic carbocycles. The van der Waals surface area contributed by atoms with Gasteiger partial charge in [0.1, 0.15) is 0 Å². The molecule has 0 bridgehead atoms. The fraction of sp³-hybridized carbons (Fsp3) is 0.320. The minimum atomic E-state index is -0.436. The van der Waals surface area contributed by atoms with Crippen LogP contribution >= 0.6 is 22.9 Å². The van der Waals surface area contributed by atoms with E-state index >= 15 is 0 Å². The zero-order chi connectivity index (χ0) is 25.9. The number of benzene rings is 1. The second kappa shape index (κ2) is 10.8. The number of ether oxygens (including phenoxy) is 2. The van der Waals surface area contributed by atoms with Gasteiger partial charge in [-0.25, -0.2) is 24.7 Å². The number of nitrogens with zero attached hydrogens (tertiary/aromatic N) is 6. The van der Waals surface area contributed by atoms with Crippen LogP contribution in [0.15, 0.2) is 36.7 Å². The minimum absolute atomic E-state index is 0.300. The molecule has 3 aromatic heterocycles. The highest BCUT2D eigenvalue weighted by atomic mass is 35.5. The molecule has 10 nitrogen and oxygen atoms in total. The number of halogens is 1. The third-order valence-electron chi connectivity index (χ3n) is 5.86. The molecule has 192 valence electrons. The molecule has 0 atom stereocenters. The van der Waals surface area contributed by atoms with Gasteiger partial charge in [0.2, 0.25) is 5.95 Å². The van der Waals surface area contributed by atoms with E-state index in [0.717, 1.165) is 39.6 Å². The number of nitrogen functional groups attached to an aromatic ring is 1. The summed E-state index contributed by atoms with van der Waals surface area (Å²) < 4.78 is 11.6. The van der Waals surface area contributed by atoms with Crippen LogP contribution in [0.4, 0.5) is 17.5 Å². The topological polar surface area (TPSA) is 120 Å². The van der Waals surface area contributed by atoms with Gasteiger partial charge in [-0.3, -0.25) is 0 Å². The van der Waals surface area contributed by atoms with E-state index in [1.165, 1.54) is 12.4 Å². The van der Waals surface area contributed by atoms with E-state index in [9.17, 15) is 4.79 Å². The Morgan fingerprint density at radius 1 is 1.22 bits per heavy atom. The third kappa shape index (κ3) is 5.43. The van der Waals surface area contributed by atoms with Crippen LogP contribution < -0.4 is 15.5 Å². The number of rotatable bonds is 7. The van der Waals surface area contributed by atoms with E-state index in [1.807, 2.05) is 18.0 Å². The number of anilines is 3. The highest BCUT2D eigenvalue weighted by Gasteiger charge is 2.21. The molecule has 5 rings (SSSR count). The summed E-state index contributed by atoms with van der Waals surface area (Å²) in [5.41, 5.74) is 8.40. The number of carbonyl (C=O) groups is 1. The van der Waals surface area contributed by atoms with Gasteiger partial charge < -0.3 is 25.0 Å². The number of hydrogen-bond acceptors (Lipinski definition) is 11. The Hall–Kier alpha value is -3.54. The van der Waals surface area contributed by atoms with Crippen molar-refractivity contribution in [1.82, 2.24) is 19.9 Å². The van der Waals surface area contributed by atoms with Crippen molar-refractivity contribution in [3.05, 3.63) is 52.1 Å². The predicted molar refractivity (Wildman–Crippen MR) is 145 cm³/mol.